The Morgan fingerprint density at radius 3 is 2.28 bits per heavy atom. The lowest BCUT2D eigenvalue weighted by Crippen LogP contribution is -2.51. The van der Waals surface area contributed by atoms with E-state index in [2.05, 4.69) is 17.4 Å². The van der Waals surface area contributed by atoms with Crippen LogP contribution in [0.1, 0.15) is 57.1 Å². The topological polar surface area (TPSA) is 49.4 Å². The maximum absolute atomic E-state index is 12.9. The van der Waals surface area contributed by atoms with Gasteiger partial charge in [-0.05, 0) is 31.2 Å². The Morgan fingerprint density at radius 2 is 1.72 bits per heavy atom. The first-order chi connectivity index (χ1) is 11.9. The standard InChI is InChI=1S/C21H32N2O2/c1-15(2)19(22-20(24)18-8-6-5-7-9-18)21(25)23(4)14-17-12-10-16(3)11-13-17/h10-13,15,18-19H,5-9,14H2,1-4H3,(H,22,24). The van der Waals surface area contributed by atoms with Crippen LogP contribution in [0.5, 0.6) is 0 Å². The second-order valence-corrected chi connectivity index (χ2v) is 7.75. The van der Waals surface area contributed by atoms with Gasteiger partial charge in [0, 0.05) is 19.5 Å². The number of benzene rings is 1. The summed E-state index contributed by atoms with van der Waals surface area (Å²) in [6, 6.07) is 7.75. The van der Waals surface area contributed by atoms with E-state index in [0.717, 1.165) is 31.2 Å². The van der Waals surface area contributed by atoms with Gasteiger partial charge in [-0.1, -0.05) is 62.9 Å². The molecule has 0 saturated heterocycles. The van der Waals surface area contributed by atoms with Crippen LogP contribution in [0, 0.1) is 18.8 Å². The molecule has 1 N–H and O–H groups in total. The van der Waals surface area contributed by atoms with Gasteiger partial charge >= 0.3 is 0 Å². The van der Waals surface area contributed by atoms with Crippen molar-refractivity contribution in [1.29, 1.82) is 0 Å². The van der Waals surface area contributed by atoms with Crippen molar-refractivity contribution in [1.82, 2.24) is 10.2 Å². The summed E-state index contributed by atoms with van der Waals surface area (Å²) >= 11 is 0. The number of aryl methyl sites for hydroxylation is 1. The van der Waals surface area contributed by atoms with E-state index in [-0.39, 0.29) is 23.7 Å². The number of carbonyl (C=O) groups is 2. The molecular weight excluding hydrogens is 312 g/mol. The molecule has 1 fully saturated rings. The average molecular weight is 344 g/mol. The fourth-order valence-electron chi connectivity index (χ4n) is 3.43. The monoisotopic (exact) mass is 344 g/mol. The Kier molecular flexibility index (Phi) is 7.03. The molecule has 1 aliphatic carbocycles. The fraction of sp³-hybridized carbons (Fsp3) is 0.619. The first-order valence-electron chi connectivity index (χ1n) is 9.49. The maximum Gasteiger partial charge on any atom is 0.245 e. The molecule has 0 aliphatic heterocycles. The van der Waals surface area contributed by atoms with Gasteiger partial charge in [0.15, 0.2) is 0 Å². The van der Waals surface area contributed by atoms with E-state index >= 15 is 0 Å². The molecule has 1 unspecified atom stereocenters. The summed E-state index contributed by atoms with van der Waals surface area (Å²) in [4.78, 5) is 27.2. The molecule has 1 aromatic rings. The highest BCUT2D eigenvalue weighted by molar-refractivity contribution is 5.88. The molecule has 0 spiro atoms. The van der Waals surface area contributed by atoms with Crippen LogP contribution < -0.4 is 5.32 Å². The summed E-state index contributed by atoms with van der Waals surface area (Å²) in [6.45, 7) is 6.59. The predicted molar refractivity (Wildman–Crippen MR) is 101 cm³/mol. The largest absolute Gasteiger partial charge is 0.344 e. The van der Waals surface area contributed by atoms with Crippen LogP contribution in [0.4, 0.5) is 0 Å². The molecule has 4 nitrogen and oxygen atoms in total. The van der Waals surface area contributed by atoms with Gasteiger partial charge in [0.1, 0.15) is 6.04 Å². The minimum atomic E-state index is -0.454. The van der Waals surface area contributed by atoms with E-state index in [0.29, 0.717) is 6.54 Å². The fourth-order valence-corrected chi connectivity index (χ4v) is 3.43. The van der Waals surface area contributed by atoms with Crippen LogP contribution in [-0.4, -0.2) is 29.8 Å². The molecule has 1 atom stereocenters. The van der Waals surface area contributed by atoms with Crippen LogP contribution in [0.2, 0.25) is 0 Å². The summed E-state index contributed by atoms with van der Waals surface area (Å²) in [7, 11) is 1.81. The summed E-state index contributed by atoms with van der Waals surface area (Å²) in [5.41, 5.74) is 2.31. The van der Waals surface area contributed by atoms with Crippen molar-refractivity contribution in [3.05, 3.63) is 35.4 Å². The third-order valence-electron chi connectivity index (χ3n) is 5.12. The Hall–Kier alpha value is -1.84. The molecule has 0 aromatic heterocycles. The minimum absolute atomic E-state index is 0.0141. The second-order valence-electron chi connectivity index (χ2n) is 7.75. The zero-order valence-corrected chi connectivity index (χ0v) is 16.0. The highest BCUT2D eigenvalue weighted by atomic mass is 16.2. The SMILES string of the molecule is Cc1ccc(CN(C)C(=O)C(NC(=O)C2CCCCC2)C(C)C)cc1. The van der Waals surface area contributed by atoms with Gasteiger partial charge in [0.2, 0.25) is 11.8 Å². The van der Waals surface area contributed by atoms with E-state index < -0.39 is 6.04 Å². The molecule has 1 aliphatic rings. The summed E-state index contributed by atoms with van der Waals surface area (Å²) in [5.74, 6) is 0.181. The Balaban J connectivity index is 1.98. The van der Waals surface area contributed by atoms with Crippen molar-refractivity contribution in [3.63, 3.8) is 0 Å². The van der Waals surface area contributed by atoms with Gasteiger partial charge in [-0.2, -0.15) is 0 Å². The number of hydrogen-bond donors (Lipinski definition) is 1. The molecular formula is C21H32N2O2. The van der Waals surface area contributed by atoms with Gasteiger partial charge in [-0.3, -0.25) is 9.59 Å². The zero-order chi connectivity index (χ0) is 18.4. The second kappa shape index (κ2) is 9.02. The van der Waals surface area contributed by atoms with Gasteiger partial charge in [-0.25, -0.2) is 0 Å². The van der Waals surface area contributed by atoms with E-state index in [9.17, 15) is 9.59 Å². The molecule has 25 heavy (non-hydrogen) atoms. The van der Waals surface area contributed by atoms with Crippen LogP contribution in [0.3, 0.4) is 0 Å². The van der Waals surface area contributed by atoms with E-state index in [4.69, 9.17) is 0 Å². The molecule has 2 rings (SSSR count). The number of amides is 2. The molecule has 2 amide bonds. The van der Waals surface area contributed by atoms with E-state index in [1.54, 1.807) is 4.90 Å². The predicted octanol–water partition coefficient (Wildman–Crippen LogP) is 3.67. The highest BCUT2D eigenvalue weighted by Crippen LogP contribution is 2.24. The van der Waals surface area contributed by atoms with Gasteiger partial charge < -0.3 is 10.2 Å². The summed E-state index contributed by atoms with van der Waals surface area (Å²) in [6.07, 6.45) is 5.35. The lowest BCUT2D eigenvalue weighted by molar-refractivity contribution is -0.138. The third-order valence-corrected chi connectivity index (χ3v) is 5.12. The lowest BCUT2D eigenvalue weighted by Gasteiger charge is -2.29. The molecule has 138 valence electrons. The van der Waals surface area contributed by atoms with Crippen molar-refractivity contribution in [2.24, 2.45) is 11.8 Å². The number of rotatable bonds is 6. The third kappa shape index (κ3) is 5.58. The molecule has 0 bridgehead atoms. The summed E-state index contributed by atoms with van der Waals surface area (Å²) < 4.78 is 0. The smallest absolute Gasteiger partial charge is 0.245 e. The first-order valence-corrected chi connectivity index (χ1v) is 9.49. The van der Waals surface area contributed by atoms with Crippen LogP contribution in [0.25, 0.3) is 0 Å². The maximum atomic E-state index is 12.9. The summed E-state index contributed by atoms with van der Waals surface area (Å²) in [5, 5.41) is 3.03. The Labute approximate surface area is 152 Å². The van der Waals surface area contributed by atoms with Gasteiger partial charge in [0.05, 0.1) is 0 Å². The molecule has 1 saturated carbocycles. The number of hydrogen-bond acceptors (Lipinski definition) is 2. The van der Waals surface area contributed by atoms with Crippen molar-refractivity contribution >= 4 is 11.8 Å². The highest BCUT2D eigenvalue weighted by Gasteiger charge is 2.30. The molecule has 0 radical (unpaired) electrons. The zero-order valence-electron chi connectivity index (χ0n) is 16.0. The van der Waals surface area contributed by atoms with Crippen LogP contribution in [-0.2, 0) is 16.1 Å². The number of nitrogens with zero attached hydrogens (tertiary/aromatic N) is 1. The van der Waals surface area contributed by atoms with Crippen molar-refractivity contribution in [2.45, 2.75) is 65.5 Å². The number of carbonyl (C=O) groups excluding carboxylic acids is 2. The molecule has 1 aromatic carbocycles. The van der Waals surface area contributed by atoms with Crippen LogP contribution >= 0.6 is 0 Å². The molecule has 4 heteroatoms. The van der Waals surface area contributed by atoms with Gasteiger partial charge in [-0.15, -0.1) is 0 Å². The van der Waals surface area contributed by atoms with E-state index in [1.165, 1.54) is 12.0 Å². The quantitative estimate of drug-likeness (QED) is 0.856. The number of nitrogens with one attached hydrogen (secondary N) is 1. The van der Waals surface area contributed by atoms with Crippen molar-refractivity contribution < 1.29 is 9.59 Å². The van der Waals surface area contributed by atoms with Gasteiger partial charge in [0.25, 0.3) is 0 Å². The Bertz CT molecular complexity index is 574. The van der Waals surface area contributed by atoms with Crippen LogP contribution in [0.15, 0.2) is 24.3 Å². The van der Waals surface area contributed by atoms with Crippen molar-refractivity contribution in [3.8, 4) is 0 Å². The Morgan fingerprint density at radius 1 is 1.12 bits per heavy atom. The number of likely N-dealkylation sites (N-methyl/N-ethyl adjacent to an activating group) is 1. The average Bonchev–Trinajstić information content (AvgIpc) is 2.61. The first kappa shape index (κ1) is 19.5. The van der Waals surface area contributed by atoms with Crippen molar-refractivity contribution in [2.75, 3.05) is 7.05 Å². The van der Waals surface area contributed by atoms with E-state index in [1.807, 2.05) is 40.0 Å². The minimum Gasteiger partial charge on any atom is -0.344 e. The lowest BCUT2D eigenvalue weighted by atomic mass is 9.88. The normalized spacial score (nSPS) is 16.5. The molecule has 0 heterocycles.